The first-order valence-electron chi connectivity index (χ1n) is 6.17. The number of hydrogen-bond acceptors (Lipinski definition) is 7. The summed E-state index contributed by atoms with van der Waals surface area (Å²) in [4.78, 5) is 2.63. The molecule has 1 aromatic carbocycles. The first-order chi connectivity index (χ1) is 10.3. The predicted octanol–water partition coefficient (Wildman–Crippen LogP) is 1.12. The van der Waals surface area contributed by atoms with Gasteiger partial charge in [0.25, 0.3) is 0 Å². The Bertz CT molecular complexity index is 695. The fourth-order valence-electron chi connectivity index (χ4n) is 1.96. The number of tetrazole rings is 1. The number of ether oxygens (including phenoxy) is 2. The van der Waals surface area contributed by atoms with Gasteiger partial charge in [0.2, 0.25) is 6.79 Å². The van der Waals surface area contributed by atoms with Gasteiger partial charge in [-0.2, -0.15) is 4.68 Å². The molecule has 108 valence electrons. The van der Waals surface area contributed by atoms with E-state index in [0.717, 1.165) is 0 Å². The number of rotatable bonds is 5. The van der Waals surface area contributed by atoms with Gasteiger partial charge in [-0.3, -0.25) is 0 Å². The molecule has 10 heteroatoms. The van der Waals surface area contributed by atoms with Crippen molar-refractivity contribution in [3.8, 4) is 17.2 Å². The lowest BCUT2D eigenvalue weighted by Gasteiger charge is -2.09. The zero-order valence-electron chi connectivity index (χ0n) is 10.8. The highest BCUT2D eigenvalue weighted by Gasteiger charge is 2.20. The molecule has 0 saturated heterocycles. The van der Waals surface area contributed by atoms with Crippen LogP contribution < -0.4 is 9.47 Å². The normalized spacial score (nSPS) is 13.8. The van der Waals surface area contributed by atoms with Gasteiger partial charge in [-0.1, -0.05) is 5.11 Å². The molecule has 21 heavy (non-hydrogen) atoms. The van der Waals surface area contributed by atoms with E-state index in [1.807, 2.05) is 0 Å². The van der Waals surface area contributed by atoms with E-state index in [1.54, 1.807) is 18.2 Å². The molecule has 1 aliphatic rings. The summed E-state index contributed by atoms with van der Waals surface area (Å²) < 4.78 is 11.9. The van der Waals surface area contributed by atoms with E-state index in [9.17, 15) is 5.11 Å². The van der Waals surface area contributed by atoms with Crippen molar-refractivity contribution in [1.29, 1.82) is 0 Å². The van der Waals surface area contributed by atoms with Gasteiger partial charge in [-0.05, 0) is 34.5 Å². The minimum atomic E-state index is -0.934. The monoisotopic (exact) mass is 289 g/mol. The second-order valence-electron chi connectivity index (χ2n) is 4.25. The van der Waals surface area contributed by atoms with Crippen molar-refractivity contribution in [3.05, 3.63) is 34.5 Å². The van der Waals surface area contributed by atoms with Crippen LogP contribution in [0.2, 0.25) is 0 Å². The Balaban J connectivity index is 1.86. The van der Waals surface area contributed by atoms with Crippen molar-refractivity contribution >= 4 is 0 Å². The Hall–Kier alpha value is -2.84. The molecule has 1 aliphatic heterocycles. The third kappa shape index (κ3) is 2.57. The second kappa shape index (κ2) is 5.65. The van der Waals surface area contributed by atoms with Crippen LogP contribution in [0, 0.1) is 0 Å². The average Bonchev–Trinajstić information content (AvgIpc) is 3.15. The van der Waals surface area contributed by atoms with Crippen LogP contribution in [0.1, 0.15) is 18.3 Å². The largest absolute Gasteiger partial charge is 0.454 e. The number of hydrogen-bond donors (Lipinski definition) is 1. The van der Waals surface area contributed by atoms with Gasteiger partial charge in [0.1, 0.15) is 6.10 Å². The molecule has 0 aliphatic carbocycles. The van der Waals surface area contributed by atoms with Gasteiger partial charge >= 0.3 is 0 Å². The highest BCUT2D eigenvalue weighted by Crippen LogP contribution is 2.33. The number of azide groups is 1. The highest BCUT2D eigenvalue weighted by atomic mass is 16.7. The van der Waals surface area contributed by atoms with Crippen molar-refractivity contribution in [2.45, 2.75) is 12.5 Å². The predicted molar refractivity (Wildman–Crippen MR) is 68.9 cm³/mol. The average molecular weight is 289 g/mol. The second-order valence-corrected chi connectivity index (χ2v) is 4.25. The van der Waals surface area contributed by atoms with Crippen molar-refractivity contribution in [3.63, 3.8) is 0 Å². The van der Waals surface area contributed by atoms with Crippen molar-refractivity contribution in [2.75, 3.05) is 13.3 Å². The van der Waals surface area contributed by atoms with Gasteiger partial charge in [-0.15, -0.1) is 5.10 Å². The van der Waals surface area contributed by atoms with Crippen LogP contribution in [0.4, 0.5) is 0 Å². The summed E-state index contributed by atoms with van der Waals surface area (Å²) in [6, 6.07) is 5.23. The van der Waals surface area contributed by atoms with E-state index in [-0.39, 0.29) is 25.6 Å². The third-order valence-electron chi connectivity index (χ3n) is 2.96. The Morgan fingerprint density at radius 1 is 1.43 bits per heavy atom. The van der Waals surface area contributed by atoms with Crippen LogP contribution in [0.15, 0.2) is 23.3 Å². The molecule has 0 fully saturated rings. The maximum Gasteiger partial charge on any atom is 0.231 e. The van der Waals surface area contributed by atoms with Gasteiger partial charge in [0, 0.05) is 17.5 Å². The lowest BCUT2D eigenvalue weighted by molar-refractivity contribution is 0.157. The molecule has 0 unspecified atom stereocenters. The Kier molecular flexibility index (Phi) is 3.54. The molecular weight excluding hydrogens is 278 g/mol. The first kappa shape index (κ1) is 13.2. The molecule has 2 heterocycles. The van der Waals surface area contributed by atoms with Crippen molar-refractivity contribution in [2.24, 2.45) is 5.11 Å². The summed E-state index contributed by atoms with van der Waals surface area (Å²) in [5, 5.41) is 24.7. The van der Waals surface area contributed by atoms with E-state index < -0.39 is 6.10 Å². The molecule has 0 amide bonds. The van der Waals surface area contributed by atoms with Crippen LogP contribution >= 0.6 is 0 Å². The molecular formula is C11H11N7O3. The number of aromatic nitrogens is 4. The lowest BCUT2D eigenvalue weighted by atomic mass is 10.2. The molecule has 0 saturated carbocycles. The summed E-state index contributed by atoms with van der Waals surface area (Å²) in [6.45, 7) is 0.335. The summed E-state index contributed by atoms with van der Waals surface area (Å²) in [5.41, 5.74) is 8.88. The summed E-state index contributed by atoms with van der Waals surface area (Å²) in [6.07, 6.45) is -0.703. The summed E-state index contributed by atoms with van der Waals surface area (Å²) in [5.74, 6) is 1.51. The van der Waals surface area contributed by atoms with Gasteiger partial charge in [-0.25, -0.2) is 0 Å². The Morgan fingerprint density at radius 2 is 2.29 bits per heavy atom. The highest BCUT2D eigenvalue weighted by molar-refractivity contribution is 5.49. The van der Waals surface area contributed by atoms with Gasteiger partial charge < -0.3 is 14.6 Å². The molecule has 0 radical (unpaired) electrons. The van der Waals surface area contributed by atoms with Crippen molar-refractivity contribution < 1.29 is 14.6 Å². The standard InChI is InChI=1S/C11H11N7O3/c12-15-13-4-3-8(19)11-14-16-17-18(11)7-1-2-9-10(5-7)21-6-20-9/h1-2,5,8,19H,3-4,6H2/t8-/m0/s1. The van der Waals surface area contributed by atoms with E-state index in [0.29, 0.717) is 17.2 Å². The van der Waals surface area contributed by atoms with Crippen LogP contribution in [0.3, 0.4) is 0 Å². The maximum absolute atomic E-state index is 10.1. The molecule has 3 rings (SSSR count). The number of aliphatic hydroxyl groups is 1. The van der Waals surface area contributed by atoms with E-state index in [1.165, 1.54) is 4.68 Å². The van der Waals surface area contributed by atoms with E-state index in [4.69, 9.17) is 15.0 Å². The van der Waals surface area contributed by atoms with Crippen LogP contribution in [0.5, 0.6) is 11.5 Å². The van der Waals surface area contributed by atoms with Crippen LogP contribution in [-0.4, -0.2) is 38.7 Å². The van der Waals surface area contributed by atoms with Crippen LogP contribution in [0.25, 0.3) is 16.1 Å². The lowest BCUT2D eigenvalue weighted by Crippen LogP contribution is -2.09. The van der Waals surface area contributed by atoms with E-state index in [2.05, 4.69) is 25.6 Å². The number of benzene rings is 1. The molecule has 0 spiro atoms. The minimum Gasteiger partial charge on any atom is -0.454 e. The SMILES string of the molecule is [N-]=[N+]=NCC[C@H](O)c1nnnn1-c1ccc2c(c1)OCO2. The van der Waals surface area contributed by atoms with Gasteiger partial charge in [0.05, 0.1) is 5.69 Å². The molecule has 1 aromatic heterocycles. The fourth-order valence-corrected chi connectivity index (χ4v) is 1.96. The molecule has 0 bridgehead atoms. The Labute approximate surface area is 118 Å². The molecule has 2 aromatic rings. The maximum atomic E-state index is 10.1. The molecule has 1 atom stereocenters. The minimum absolute atomic E-state index is 0.158. The quantitative estimate of drug-likeness (QED) is 0.498. The number of fused-ring (bicyclic) bond motifs is 1. The summed E-state index contributed by atoms with van der Waals surface area (Å²) in [7, 11) is 0. The van der Waals surface area contributed by atoms with E-state index >= 15 is 0 Å². The first-order valence-corrected chi connectivity index (χ1v) is 6.17. The third-order valence-corrected chi connectivity index (χ3v) is 2.96. The van der Waals surface area contributed by atoms with Gasteiger partial charge in [0.15, 0.2) is 17.3 Å². The van der Waals surface area contributed by atoms with Crippen molar-refractivity contribution in [1.82, 2.24) is 20.2 Å². The fraction of sp³-hybridized carbons (Fsp3) is 0.364. The summed E-state index contributed by atoms with van der Waals surface area (Å²) >= 11 is 0. The topological polar surface area (TPSA) is 131 Å². The molecule has 1 N–H and O–H groups in total. The van der Waals surface area contributed by atoms with Crippen LogP contribution in [-0.2, 0) is 0 Å². The zero-order chi connectivity index (χ0) is 14.7. The number of nitrogens with zero attached hydrogens (tertiary/aromatic N) is 7. The zero-order valence-corrected chi connectivity index (χ0v) is 10.8. The number of aliphatic hydroxyl groups excluding tert-OH is 1. The Morgan fingerprint density at radius 3 is 3.14 bits per heavy atom. The molecule has 10 nitrogen and oxygen atoms in total. The smallest absolute Gasteiger partial charge is 0.231 e.